The molecule has 0 saturated carbocycles. The van der Waals surface area contributed by atoms with Gasteiger partial charge in [0.2, 0.25) is 11.8 Å². The van der Waals surface area contributed by atoms with Gasteiger partial charge >= 0.3 is 6.03 Å². The summed E-state index contributed by atoms with van der Waals surface area (Å²) in [6.45, 7) is 4.13. The number of ether oxygens (including phenoxy) is 2. The van der Waals surface area contributed by atoms with Gasteiger partial charge < -0.3 is 29.1 Å². The zero-order valence-electron chi connectivity index (χ0n) is 23.7. The number of imide groups is 1. The van der Waals surface area contributed by atoms with Gasteiger partial charge in [-0.1, -0.05) is 24.3 Å². The van der Waals surface area contributed by atoms with Gasteiger partial charge in [-0.05, 0) is 43.5 Å². The maximum absolute atomic E-state index is 13.4. The molecule has 10 nitrogen and oxygen atoms in total. The summed E-state index contributed by atoms with van der Waals surface area (Å²) in [5.41, 5.74) is 1.92. The SMILES string of the molecule is CN(C(=O)N1CCC(Oc2ccccc2)CC1)C1CCN(c2cccc3c2OCCN3C2CCC(=O)NC2=O)CC1. The molecule has 3 saturated heterocycles. The first-order chi connectivity index (χ1) is 20.0. The van der Waals surface area contributed by atoms with Crippen LogP contribution < -0.4 is 24.6 Å². The Morgan fingerprint density at radius 1 is 0.902 bits per heavy atom. The lowest BCUT2D eigenvalue weighted by Crippen LogP contribution is -2.54. The van der Waals surface area contributed by atoms with Crippen molar-refractivity contribution in [1.29, 1.82) is 0 Å². The van der Waals surface area contributed by atoms with Crippen molar-refractivity contribution in [2.24, 2.45) is 0 Å². The number of carbonyl (C=O) groups excluding carboxylic acids is 3. The van der Waals surface area contributed by atoms with Crippen molar-refractivity contribution < 1.29 is 23.9 Å². The Morgan fingerprint density at radius 2 is 1.63 bits per heavy atom. The molecule has 3 fully saturated rings. The number of rotatable bonds is 5. The fourth-order valence-electron chi connectivity index (χ4n) is 6.54. The summed E-state index contributed by atoms with van der Waals surface area (Å²) in [4.78, 5) is 45.9. The number of hydrogen-bond acceptors (Lipinski definition) is 7. The van der Waals surface area contributed by atoms with Crippen LogP contribution in [0.2, 0.25) is 0 Å². The highest BCUT2D eigenvalue weighted by Gasteiger charge is 2.36. The molecule has 1 N–H and O–H groups in total. The third-order valence-electron chi connectivity index (χ3n) is 8.86. The third-order valence-corrected chi connectivity index (χ3v) is 8.86. The van der Waals surface area contributed by atoms with Crippen LogP contribution in [0.5, 0.6) is 11.5 Å². The molecule has 2 aromatic carbocycles. The average Bonchev–Trinajstić information content (AvgIpc) is 3.01. The Kier molecular flexibility index (Phi) is 7.89. The van der Waals surface area contributed by atoms with Gasteiger partial charge in [-0.2, -0.15) is 0 Å². The van der Waals surface area contributed by atoms with E-state index in [1.807, 2.05) is 59.3 Å². The first-order valence-electron chi connectivity index (χ1n) is 14.8. The highest BCUT2D eigenvalue weighted by atomic mass is 16.5. The van der Waals surface area contributed by atoms with Crippen molar-refractivity contribution in [3.8, 4) is 11.5 Å². The van der Waals surface area contributed by atoms with Gasteiger partial charge in [0.05, 0.1) is 17.9 Å². The zero-order valence-corrected chi connectivity index (χ0v) is 23.7. The molecule has 0 bridgehead atoms. The standard InChI is InChI=1S/C31H39N5O5/c1-33(31(39)35-18-14-24(15-19-35)41-23-6-3-2-4-7-23)22-12-16-34(17-13-22)25-8-5-9-26-29(25)40-21-20-36(26)27-10-11-28(37)32-30(27)38/h2-9,22,24,27H,10-21H2,1H3,(H,32,37,38). The van der Waals surface area contributed by atoms with E-state index in [2.05, 4.69) is 21.2 Å². The Bertz CT molecular complexity index is 1260. The molecule has 2 aromatic rings. The van der Waals surface area contributed by atoms with Crippen LogP contribution in [0, 0.1) is 0 Å². The second-order valence-electron chi connectivity index (χ2n) is 11.4. The van der Waals surface area contributed by atoms with Gasteiger partial charge in [0, 0.05) is 58.5 Å². The van der Waals surface area contributed by atoms with E-state index in [1.54, 1.807) is 0 Å². The Balaban J connectivity index is 1.04. The van der Waals surface area contributed by atoms with E-state index in [-0.39, 0.29) is 36.0 Å². The Morgan fingerprint density at radius 3 is 2.37 bits per heavy atom. The number of fused-ring (bicyclic) bond motifs is 1. The van der Waals surface area contributed by atoms with E-state index in [1.165, 1.54) is 0 Å². The molecule has 4 amide bonds. The molecule has 0 aliphatic carbocycles. The third kappa shape index (κ3) is 5.78. The molecule has 0 spiro atoms. The monoisotopic (exact) mass is 561 g/mol. The van der Waals surface area contributed by atoms with Crippen molar-refractivity contribution >= 4 is 29.2 Å². The molecule has 4 aliphatic heterocycles. The van der Waals surface area contributed by atoms with Gasteiger partial charge in [-0.15, -0.1) is 0 Å². The van der Waals surface area contributed by atoms with Crippen LogP contribution in [0.1, 0.15) is 38.5 Å². The topological polar surface area (TPSA) is 94.7 Å². The first-order valence-corrected chi connectivity index (χ1v) is 14.8. The van der Waals surface area contributed by atoms with E-state index < -0.39 is 0 Å². The molecule has 1 atom stereocenters. The fourth-order valence-corrected chi connectivity index (χ4v) is 6.54. The van der Waals surface area contributed by atoms with Crippen LogP contribution in [-0.4, -0.2) is 92.2 Å². The molecule has 6 rings (SSSR count). The van der Waals surface area contributed by atoms with Crippen molar-refractivity contribution in [1.82, 2.24) is 15.1 Å². The number of likely N-dealkylation sites (tertiary alicyclic amines) is 1. The molecule has 218 valence electrons. The van der Waals surface area contributed by atoms with Gasteiger partial charge in [0.1, 0.15) is 24.5 Å². The van der Waals surface area contributed by atoms with Crippen LogP contribution in [-0.2, 0) is 9.59 Å². The number of hydrogen-bond donors (Lipinski definition) is 1. The molecular formula is C31H39N5O5. The Hall–Kier alpha value is -3.95. The smallest absolute Gasteiger partial charge is 0.319 e. The van der Waals surface area contributed by atoms with E-state index in [9.17, 15) is 14.4 Å². The average molecular weight is 562 g/mol. The van der Waals surface area contributed by atoms with E-state index in [0.717, 1.165) is 61.6 Å². The predicted octanol–water partition coefficient (Wildman–Crippen LogP) is 3.25. The molecule has 0 radical (unpaired) electrons. The van der Waals surface area contributed by atoms with E-state index in [4.69, 9.17) is 9.47 Å². The summed E-state index contributed by atoms with van der Waals surface area (Å²) in [5, 5.41) is 2.48. The molecule has 1 unspecified atom stereocenters. The fraction of sp³-hybridized carbons (Fsp3) is 0.516. The number of piperidine rings is 3. The van der Waals surface area contributed by atoms with Gasteiger partial charge in [0.15, 0.2) is 5.75 Å². The molecule has 0 aromatic heterocycles. The molecule has 10 heteroatoms. The number of carbonyl (C=O) groups is 3. The summed E-state index contributed by atoms with van der Waals surface area (Å²) < 4.78 is 12.3. The van der Waals surface area contributed by atoms with E-state index >= 15 is 0 Å². The van der Waals surface area contributed by atoms with Crippen molar-refractivity contribution in [3.63, 3.8) is 0 Å². The highest BCUT2D eigenvalue weighted by molar-refractivity contribution is 6.02. The minimum absolute atomic E-state index is 0.0990. The second-order valence-corrected chi connectivity index (χ2v) is 11.4. The largest absolute Gasteiger partial charge is 0.490 e. The first kappa shape index (κ1) is 27.2. The zero-order chi connectivity index (χ0) is 28.3. The number of amides is 4. The molecule has 4 heterocycles. The summed E-state index contributed by atoms with van der Waals surface area (Å²) >= 11 is 0. The van der Waals surface area contributed by atoms with Gasteiger partial charge in [0.25, 0.3) is 0 Å². The maximum atomic E-state index is 13.4. The molecule has 41 heavy (non-hydrogen) atoms. The lowest BCUT2D eigenvalue weighted by Gasteiger charge is -2.42. The van der Waals surface area contributed by atoms with E-state index in [0.29, 0.717) is 39.1 Å². The number of para-hydroxylation sites is 2. The number of benzene rings is 2. The summed E-state index contributed by atoms with van der Waals surface area (Å²) in [6.07, 6.45) is 4.41. The van der Waals surface area contributed by atoms with Crippen molar-refractivity contribution in [3.05, 3.63) is 48.5 Å². The number of urea groups is 1. The molecular weight excluding hydrogens is 522 g/mol. The van der Waals surface area contributed by atoms with Gasteiger partial charge in [-0.3, -0.25) is 14.9 Å². The predicted molar refractivity (Wildman–Crippen MR) is 156 cm³/mol. The summed E-state index contributed by atoms with van der Waals surface area (Å²) in [6, 6.07) is 15.9. The number of anilines is 2. The van der Waals surface area contributed by atoms with Crippen LogP contribution >= 0.6 is 0 Å². The summed E-state index contributed by atoms with van der Waals surface area (Å²) in [7, 11) is 1.93. The van der Waals surface area contributed by atoms with Crippen molar-refractivity contribution in [2.75, 3.05) is 56.2 Å². The number of nitrogens with zero attached hydrogens (tertiary/aromatic N) is 4. The molecule has 4 aliphatic rings. The second kappa shape index (κ2) is 11.9. The minimum Gasteiger partial charge on any atom is -0.490 e. The van der Waals surface area contributed by atoms with Crippen molar-refractivity contribution in [2.45, 2.75) is 56.7 Å². The van der Waals surface area contributed by atoms with Crippen LogP contribution in [0.3, 0.4) is 0 Å². The highest BCUT2D eigenvalue weighted by Crippen LogP contribution is 2.42. The lowest BCUT2D eigenvalue weighted by atomic mass is 10.0. The number of nitrogens with one attached hydrogen (secondary N) is 1. The van der Waals surface area contributed by atoms with Crippen LogP contribution in [0.25, 0.3) is 0 Å². The minimum atomic E-state index is -0.369. The maximum Gasteiger partial charge on any atom is 0.319 e. The van der Waals surface area contributed by atoms with Crippen LogP contribution in [0.15, 0.2) is 48.5 Å². The van der Waals surface area contributed by atoms with Gasteiger partial charge in [-0.25, -0.2) is 4.79 Å². The normalized spacial score (nSPS) is 22.1. The quantitative estimate of drug-likeness (QED) is 0.560. The summed E-state index contributed by atoms with van der Waals surface area (Å²) in [5.74, 6) is 1.24. The Labute approximate surface area is 241 Å². The van der Waals surface area contributed by atoms with Crippen LogP contribution in [0.4, 0.5) is 16.2 Å². The lowest BCUT2D eigenvalue weighted by molar-refractivity contribution is -0.134.